The first-order valence-corrected chi connectivity index (χ1v) is 6.25. The lowest BCUT2D eigenvalue weighted by Crippen LogP contribution is -2.37. The molecule has 1 rings (SSSR count). The molecular weight excluding hydrogens is 236 g/mol. The minimum Gasteiger partial charge on any atom is -0.481 e. The Morgan fingerprint density at radius 2 is 2.17 bits per heavy atom. The minimum absolute atomic E-state index is 0.0515. The number of carboxylic acids is 1. The van der Waals surface area contributed by atoms with Gasteiger partial charge in [-0.25, -0.2) is 0 Å². The Labute approximate surface area is 107 Å². The third-order valence-corrected chi connectivity index (χ3v) is 3.22. The molecule has 1 amide bonds. The zero-order chi connectivity index (χ0) is 13.5. The second-order valence-corrected chi connectivity index (χ2v) is 4.81. The van der Waals surface area contributed by atoms with Gasteiger partial charge in [-0.3, -0.25) is 14.5 Å². The van der Waals surface area contributed by atoms with Gasteiger partial charge in [0.2, 0.25) is 5.91 Å². The van der Waals surface area contributed by atoms with Crippen molar-refractivity contribution in [2.75, 3.05) is 39.9 Å². The van der Waals surface area contributed by atoms with Crippen LogP contribution in [0.25, 0.3) is 0 Å². The summed E-state index contributed by atoms with van der Waals surface area (Å²) in [4.78, 5) is 24.4. The highest BCUT2D eigenvalue weighted by Crippen LogP contribution is 2.22. The summed E-state index contributed by atoms with van der Waals surface area (Å²) in [5.74, 6) is -1.08. The summed E-state index contributed by atoms with van der Waals surface area (Å²) < 4.78 is 4.88. The average molecular weight is 258 g/mol. The van der Waals surface area contributed by atoms with Crippen LogP contribution in [0.1, 0.15) is 13.3 Å². The number of carbonyl (C=O) groups is 2. The Morgan fingerprint density at radius 3 is 2.72 bits per heavy atom. The highest BCUT2D eigenvalue weighted by Gasteiger charge is 2.35. The summed E-state index contributed by atoms with van der Waals surface area (Å²) in [6.07, 6.45) is 0.788. The summed E-state index contributed by atoms with van der Waals surface area (Å²) in [5, 5.41) is 11.8. The van der Waals surface area contributed by atoms with Crippen LogP contribution in [0.15, 0.2) is 0 Å². The Morgan fingerprint density at radius 1 is 1.44 bits per heavy atom. The number of aliphatic carboxylic acids is 1. The van der Waals surface area contributed by atoms with Gasteiger partial charge in [-0.1, -0.05) is 6.92 Å². The highest BCUT2D eigenvalue weighted by molar-refractivity contribution is 5.78. The number of amides is 1. The molecule has 1 aliphatic heterocycles. The molecule has 0 aliphatic carbocycles. The maximum absolute atomic E-state index is 11.6. The zero-order valence-corrected chi connectivity index (χ0v) is 11.0. The molecule has 0 saturated carbocycles. The van der Waals surface area contributed by atoms with E-state index in [-0.39, 0.29) is 24.3 Å². The van der Waals surface area contributed by atoms with Crippen molar-refractivity contribution in [2.45, 2.75) is 13.3 Å². The highest BCUT2D eigenvalue weighted by atomic mass is 16.5. The Balaban J connectivity index is 2.23. The summed E-state index contributed by atoms with van der Waals surface area (Å²) in [5.41, 5.74) is 0. The van der Waals surface area contributed by atoms with Gasteiger partial charge in [0.15, 0.2) is 0 Å². The molecule has 1 heterocycles. The number of hydrogen-bond donors (Lipinski definition) is 2. The fraction of sp³-hybridized carbons (Fsp3) is 0.833. The molecule has 0 aromatic rings. The van der Waals surface area contributed by atoms with E-state index < -0.39 is 5.97 Å². The van der Waals surface area contributed by atoms with Crippen molar-refractivity contribution in [3.63, 3.8) is 0 Å². The molecule has 6 heteroatoms. The number of carbonyl (C=O) groups excluding carboxylic acids is 1. The molecule has 1 saturated heterocycles. The number of ether oxygens (including phenoxy) is 1. The molecule has 0 unspecified atom stereocenters. The average Bonchev–Trinajstić information content (AvgIpc) is 2.66. The normalized spacial score (nSPS) is 24.1. The molecule has 2 N–H and O–H groups in total. The van der Waals surface area contributed by atoms with Gasteiger partial charge in [0, 0.05) is 33.4 Å². The first kappa shape index (κ1) is 14.9. The van der Waals surface area contributed by atoms with Gasteiger partial charge in [0.1, 0.15) is 0 Å². The van der Waals surface area contributed by atoms with Crippen LogP contribution in [-0.4, -0.2) is 61.8 Å². The fourth-order valence-corrected chi connectivity index (χ4v) is 2.22. The second-order valence-electron chi connectivity index (χ2n) is 4.81. The van der Waals surface area contributed by atoms with Gasteiger partial charge >= 0.3 is 5.97 Å². The number of methoxy groups -OCH3 is 1. The van der Waals surface area contributed by atoms with E-state index in [4.69, 9.17) is 9.84 Å². The van der Waals surface area contributed by atoms with Crippen molar-refractivity contribution in [3.05, 3.63) is 0 Å². The van der Waals surface area contributed by atoms with Crippen LogP contribution in [0.4, 0.5) is 0 Å². The molecule has 0 bridgehead atoms. The van der Waals surface area contributed by atoms with Crippen molar-refractivity contribution in [2.24, 2.45) is 11.8 Å². The number of likely N-dealkylation sites (tertiary alicyclic amines) is 1. The molecule has 6 nitrogen and oxygen atoms in total. The third-order valence-electron chi connectivity index (χ3n) is 3.22. The van der Waals surface area contributed by atoms with Crippen molar-refractivity contribution in [1.82, 2.24) is 10.2 Å². The maximum atomic E-state index is 11.6. The van der Waals surface area contributed by atoms with Crippen LogP contribution in [0, 0.1) is 11.8 Å². The van der Waals surface area contributed by atoms with Crippen LogP contribution in [0.2, 0.25) is 0 Å². The lowest BCUT2D eigenvalue weighted by molar-refractivity contribution is -0.142. The smallest absolute Gasteiger partial charge is 0.308 e. The topological polar surface area (TPSA) is 78.9 Å². The summed E-state index contributed by atoms with van der Waals surface area (Å²) >= 11 is 0. The molecule has 0 aromatic carbocycles. The first-order chi connectivity index (χ1) is 8.54. The number of nitrogens with one attached hydrogen (secondary N) is 1. The van der Waals surface area contributed by atoms with E-state index in [0.29, 0.717) is 26.2 Å². The maximum Gasteiger partial charge on any atom is 0.308 e. The van der Waals surface area contributed by atoms with Gasteiger partial charge in [0.05, 0.1) is 12.5 Å². The lowest BCUT2D eigenvalue weighted by Gasteiger charge is -2.14. The van der Waals surface area contributed by atoms with E-state index in [9.17, 15) is 9.59 Å². The SMILES string of the molecule is COCCCNC(=O)CN1C[C@@H](C)[C@H](C(=O)O)C1. The van der Waals surface area contributed by atoms with E-state index in [1.807, 2.05) is 11.8 Å². The molecule has 18 heavy (non-hydrogen) atoms. The monoisotopic (exact) mass is 258 g/mol. The van der Waals surface area contributed by atoms with E-state index in [1.165, 1.54) is 0 Å². The second kappa shape index (κ2) is 7.33. The quantitative estimate of drug-likeness (QED) is 0.618. The van der Waals surface area contributed by atoms with Crippen molar-refractivity contribution >= 4 is 11.9 Å². The number of nitrogens with zero attached hydrogens (tertiary/aromatic N) is 1. The lowest BCUT2D eigenvalue weighted by atomic mass is 9.99. The first-order valence-electron chi connectivity index (χ1n) is 6.25. The van der Waals surface area contributed by atoms with E-state index in [1.54, 1.807) is 7.11 Å². The molecule has 0 aromatic heterocycles. The van der Waals surface area contributed by atoms with E-state index in [2.05, 4.69) is 5.32 Å². The largest absolute Gasteiger partial charge is 0.481 e. The van der Waals surface area contributed by atoms with Crippen LogP contribution in [-0.2, 0) is 14.3 Å². The van der Waals surface area contributed by atoms with Crippen molar-refractivity contribution in [3.8, 4) is 0 Å². The summed E-state index contributed by atoms with van der Waals surface area (Å²) in [7, 11) is 1.62. The van der Waals surface area contributed by atoms with Gasteiger partial charge in [-0.2, -0.15) is 0 Å². The van der Waals surface area contributed by atoms with Crippen LogP contribution >= 0.6 is 0 Å². The van der Waals surface area contributed by atoms with Gasteiger partial charge in [-0.05, 0) is 12.3 Å². The zero-order valence-electron chi connectivity index (χ0n) is 11.0. The fourth-order valence-electron chi connectivity index (χ4n) is 2.22. The summed E-state index contributed by atoms with van der Waals surface area (Å²) in [6, 6.07) is 0. The third kappa shape index (κ3) is 4.62. The van der Waals surface area contributed by atoms with Gasteiger partial charge < -0.3 is 15.2 Å². The predicted octanol–water partition coefficient (Wildman–Crippen LogP) is -0.208. The summed E-state index contributed by atoms with van der Waals surface area (Å²) in [6.45, 7) is 4.54. The molecule has 0 spiro atoms. The molecule has 1 aliphatic rings. The molecule has 0 radical (unpaired) electrons. The Hall–Kier alpha value is -1.14. The van der Waals surface area contributed by atoms with Gasteiger partial charge in [0.25, 0.3) is 0 Å². The molecule has 2 atom stereocenters. The molecule has 104 valence electrons. The van der Waals surface area contributed by atoms with Gasteiger partial charge in [-0.15, -0.1) is 0 Å². The van der Waals surface area contributed by atoms with Crippen LogP contribution in [0.5, 0.6) is 0 Å². The number of carboxylic acid groups (broad SMARTS) is 1. The molecular formula is C12H22N2O4. The predicted molar refractivity (Wildman–Crippen MR) is 66.2 cm³/mol. The van der Waals surface area contributed by atoms with Crippen molar-refractivity contribution in [1.29, 1.82) is 0 Å². The Kier molecular flexibility index (Phi) is 6.07. The van der Waals surface area contributed by atoms with Crippen molar-refractivity contribution < 1.29 is 19.4 Å². The van der Waals surface area contributed by atoms with Crippen LogP contribution in [0.3, 0.4) is 0 Å². The standard InChI is InChI=1S/C12H22N2O4/c1-9-6-14(7-10(9)12(16)17)8-11(15)13-4-3-5-18-2/h9-10H,3-8H2,1-2H3,(H,13,15)(H,16,17)/t9-,10-/m1/s1. The minimum atomic E-state index is -0.773. The molecule has 1 fully saturated rings. The van der Waals surface area contributed by atoms with E-state index in [0.717, 1.165) is 6.42 Å². The van der Waals surface area contributed by atoms with Crippen LogP contribution < -0.4 is 5.32 Å². The number of rotatable bonds is 7. The Bertz CT molecular complexity index is 296. The van der Waals surface area contributed by atoms with E-state index >= 15 is 0 Å². The number of hydrogen-bond acceptors (Lipinski definition) is 4.